The summed E-state index contributed by atoms with van der Waals surface area (Å²) in [7, 11) is 0. The summed E-state index contributed by atoms with van der Waals surface area (Å²) in [6.45, 7) is 10.1. The van der Waals surface area contributed by atoms with Crippen LogP contribution in [0.2, 0.25) is 0 Å². The minimum absolute atomic E-state index is 0.0665. The molecule has 27 heavy (non-hydrogen) atoms. The summed E-state index contributed by atoms with van der Waals surface area (Å²) in [5.41, 5.74) is 0.123. The van der Waals surface area contributed by atoms with Crippen molar-refractivity contribution in [1.82, 2.24) is 9.80 Å². The van der Waals surface area contributed by atoms with Gasteiger partial charge in [0.05, 0.1) is 0 Å². The normalized spacial score (nSPS) is 17.7. The molecule has 1 atom stereocenters. The largest absolute Gasteiger partial charge is 0.444 e. The lowest BCUT2D eigenvalue weighted by Gasteiger charge is -2.39. The molecule has 1 aliphatic heterocycles. The maximum absolute atomic E-state index is 13.5. The van der Waals surface area contributed by atoms with Gasteiger partial charge in [-0.1, -0.05) is 12.1 Å². The molecule has 1 saturated heterocycles. The molecule has 1 aromatic rings. The van der Waals surface area contributed by atoms with Gasteiger partial charge in [0.2, 0.25) is 5.91 Å². The number of rotatable bonds is 4. The summed E-state index contributed by atoms with van der Waals surface area (Å²) in [5, 5.41) is 0. The third-order valence-electron chi connectivity index (χ3n) is 4.56. The smallest absolute Gasteiger partial charge is 0.410 e. The van der Waals surface area contributed by atoms with Gasteiger partial charge >= 0.3 is 6.09 Å². The fourth-order valence-electron chi connectivity index (χ4n) is 3.27. The quantitative estimate of drug-likeness (QED) is 0.782. The van der Waals surface area contributed by atoms with Crippen LogP contribution in [0, 0.1) is 5.82 Å². The zero-order valence-electron chi connectivity index (χ0n) is 17.0. The van der Waals surface area contributed by atoms with Gasteiger partial charge < -0.3 is 9.64 Å². The number of carbonyl (C=O) groups excluding carboxylic acids is 2. The van der Waals surface area contributed by atoms with Crippen LogP contribution in [0.3, 0.4) is 0 Å². The number of hydrogen-bond donors (Lipinski definition) is 0. The Morgan fingerprint density at radius 2 is 2.00 bits per heavy atom. The first-order valence-corrected chi connectivity index (χ1v) is 9.63. The van der Waals surface area contributed by atoms with Crippen LogP contribution in [-0.2, 0) is 16.1 Å². The van der Waals surface area contributed by atoms with E-state index in [2.05, 4.69) is 0 Å². The standard InChI is InChI=1S/C21H31FN2O3/c1-15(2)24(14-16-9-8-10-17(22)13-16)19(25)18-11-6-7-12-23(18)20(26)27-21(3,4)5/h8-10,13,15,18H,6-7,11-12,14H2,1-5H3. The van der Waals surface area contributed by atoms with Gasteiger partial charge in [0.1, 0.15) is 17.5 Å². The van der Waals surface area contributed by atoms with E-state index >= 15 is 0 Å². The van der Waals surface area contributed by atoms with E-state index in [1.807, 2.05) is 34.6 Å². The summed E-state index contributed by atoms with van der Waals surface area (Å²) in [6, 6.07) is 5.66. The maximum Gasteiger partial charge on any atom is 0.410 e. The summed E-state index contributed by atoms with van der Waals surface area (Å²) in [5.74, 6) is -0.434. The summed E-state index contributed by atoms with van der Waals surface area (Å²) in [4.78, 5) is 29.2. The van der Waals surface area contributed by atoms with Gasteiger partial charge in [0, 0.05) is 19.1 Å². The minimum Gasteiger partial charge on any atom is -0.444 e. The number of halogens is 1. The van der Waals surface area contributed by atoms with E-state index < -0.39 is 17.7 Å². The Hall–Kier alpha value is -2.11. The number of benzene rings is 1. The van der Waals surface area contributed by atoms with E-state index in [0.29, 0.717) is 19.5 Å². The Morgan fingerprint density at radius 1 is 1.30 bits per heavy atom. The van der Waals surface area contributed by atoms with Gasteiger partial charge in [-0.3, -0.25) is 9.69 Å². The van der Waals surface area contributed by atoms with E-state index in [4.69, 9.17) is 4.74 Å². The highest BCUT2D eigenvalue weighted by atomic mass is 19.1. The van der Waals surface area contributed by atoms with E-state index in [-0.39, 0.29) is 17.8 Å². The lowest BCUT2D eigenvalue weighted by molar-refractivity contribution is -0.140. The number of likely N-dealkylation sites (tertiary alicyclic amines) is 1. The predicted octanol–water partition coefficient (Wildman–Crippen LogP) is 4.35. The summed E-state index contributed by atoms with van der Waals surface area (Å²) in [6.07, 6.45) is 1.91. The van der Waals surface area contributed by atoms with Crippen molar-refractivity contribution in [1.29, 1.82) is 0 Å². The third-order valence-corrected chi connectivity index (χ3v) is 4.56. The van der Waals surface area contributed by atoms with Crippen molar-refractivity contribution >= 4 is 12.0 Å². The van der Waals surface area contributed by atoms with Crippen molar-refractivity contribution in [2.45, 2.75) is 78.1 Å². The topological polar surface area (TPSA) is 49.9 Å². The van der Waals surface area contributed by atoms with Gasteiger partial charge in [0.25, 0.3) is 0 Å². The molecule has 1 heterocycles. The molecule has 0 radical (unpaired) electrons. The summed E-state index contributed by atoms with van der Waals surface area (Å²) >= 11 is 0. The molecule has 0 spiro atoms. The highest BCUT2D eigenvalue weighted by Crippen LogP contribution is 2.24. The summed E-state index contributed by atoms with van der Waals surface area (Å²) < 4.78 is 19.0. The lowest BCUT2D eigenvalue weighted by atomic mass is 10.0. The highest BCUT2D eigenvalue weighted by molar-refractivity contribution is 5.86. The Balaban J connectivity index is 2.19. The molecule has 150 valence electrons. The van der Waals surface area contributed by atoms with E-state index in [9.17, 15) is 14.0 Å². The van der Waals surface area contributed by atoms with Gasteiger partial charge in [-0.05, 0) is 71.6 Å². The number of nitrogens with zero attached hydrogens (tertiary/aromatic N) is 2. The molecular formula is C21H31FN2O3. The molecular weight excluding hydrogens is 347 g/mol. The van der Waals surface area contributed by atoms with Crippen molar-refractivity contribution in [2.75, 3.05) is 6.54 Å². The number of carbonyl (C=O) groups is 2. The first kappa shape index (κ1) is 21.2. The third kappa shape index (κ3) is 5.94. The first-order valence-electron chi connectivity index (χ1n) is 9.63. The minimum atomic E-state index is -0.610. The van der Waals surface area contributed by atoms with Crippen LogP contribution < -0.4 is 0 Å². The molecule has 1 fully saturated rings. The molecule has 6 heteroatoms. The van der Waals surface area contributed by atoms with E-state index in [1.54, 1.807) is 21.9 Å². The maximum atomic E-state index is 13.5. The zero-order valence-corrected chi connectivity index (χ0v) is 17.0. The molecule has 1 aromatic carbocycles. The van der Waals surface area contributed by atoms with Crippen LogP contribution in [0.4, 0.5) is 9.18 Å². The second kappa shape index (κ2) is 8.72. The molecule has 0 aliphatic carbocycles. The van der Waals surface area contributed by atoms with Gasteiger partial charge in [-0.15, -0.1) is 0 Å². The number of piperidine rings is 1. The van der Waals surface area contributed by atoms with Crippen LogP contribution in [0.1, 0.15) is 59.4 Å². The van der Waals surface area contributed by atoms with Gasteiger partial charge in [0.15, 0.2) is 0 Å². The molecule has 0 aromatic heterocycles. The Morgan fingerprint density at radius 3 is 2.59 bits per heavy atom. The molecule has 0 N–H and O–H groups in total. The van der Waals surface area contributed by atoms with Crippen LogP contribution >= 0.6 is 0 Å². The Bertz CT molecular complexity index is 670. The van der Waals surface area contributed by atoms with Gasteiger partial charge in [-0.2, -0.15) is 0 Å². The van der Waals surface area contributed by atoms with Crippen molar-refractivity contribution in [3.63, 3.8) is 0 Å². The second-order valence-electron chi connectivity index (χ2n) is 8.38. The van der Waals surface area contributed by atoms with Crippen molar-refractivity contribution < 1.29 is 18.7 Å². The SMILES string of the molecule is CC(C)N(Cc1cccc(F)c1)C(=O)C1CCCCN1C(=O)OC(C)(C)C. The van der Waals surface area contributed by atoms with Crippen molar-refractivity contribution in [2.24, 2.45) is 0 Å². The van der Waals surface area contributed by atoms with E-state index in [0.717, 1.165) is 18.4 Å². The molecule has 1 aliphatic rings. The van der Waals surface area contributed by atoms with Crippen LogP contribution in [0.25, 0.3) is 0 Å². The number of ether oxygens (including phenoxy) is 1. The fraction of sp³-hybridized carbons (Fsp3) is 0.619. The molecule has 0 bridgehead atoms. The average molecular weight is 378 g/mol. The van der Waals surface area contributed by atoms with E-state index in [1.165, 1.54) is 12.1 Å². The second-order valence-corrected chi connectivity index (χ2v) is 8.38. The van der Waals surface area contributed by atoms with Crippen LogP contribution in [0.15, 0.2) is 24.3 Å². The van der Waals surface area contributed by atoms with Gasteiger partial charge in [-0.25, -0.2) is 9.18 Å². The Kier molecular flexibility index (Phi) is 6.84. The predicted molar refractivity (Wildman–Crippen MR) is 103 cm³/mol. The van der Waals surface area contributed by atoms with Crippen LogP contribution in [-0.4, -0.2) is 46.0 Å². The monoisotopic (exact) mass is 378 g/mol. The zero-order chi connectivity index (χ0) is 20.2. The number of amides is 2. The average Bonchev–Trinajstić information content (AvgIpc) is 2.57. The number of hydrogen-bond acceptors (Lipinski definition) is 3. The fourth-order valence-corrected chi connectivity index (χ4v) is 3.27. The molecule has 0 saturated carbocycles. The molecule has 5 nitrogen and oxygen atoms in total. The Labute approximate surface area is 161 Å². The highest BCUT2D eigenvalue weighted by Gasteiger charge is 2.37. The van der Waals surface area contributed by atoms with Crippen molar-refractivity contribution in [3.8, 4) is 0 Å². The molecule has 2 amide bonds. The lowest BCUT2D eigenvalue weighted by Crippen LogP contribution is -2.55. The first-order chi connectivity index (χ1) is 12.6. The van der Waals surface area contributed by atoms with Crippen LogP contribution in [0.5, 0.6) is 0 Å². The molecule has 1 unspecified atom stereocenters. The van der Waals surface area contributed by atoms with Crippen molar-refractivity contribution in [3.05, 3.63) is 35.6 Å². The molecule has 2 rings (SSSR count).